The van der Waals surface area contributed by atoms with Crippen molar-refractivity contribution in [1.29, 1.82) is 0 Å². The summed E-state index contributed by atoms with van der Waals surface area (Å²) in [6, 6.07) is 10.3. The molecule has 246 valence electrons. The zero-order valence-corrected chi connectivity index (χ0v) is 28.7. The van der Waals surface area contributed by atoms with Crippen LogP contribution in [0.1, 0.15) is 33.3 Å². The van der Waals surface area contributed by atoms with E-state index in [4.69, 9.17) is 4.74 Å². The van der Waals surface area contributed by atoms with Gasteiger partial charge in [-0.15, -0.1) is 0 Å². The van der Waals surface area contributed by atoms with Gasteiger partial charge in [0.15, 0.2) is 0 Å². The molecular formula is C39H53N5O2. The number of likely N-dealkylation sites (N-methyl/N-ethyl adjacent to an activating group) is 1. The number of carbonyl (C=O) groups is 1. The van der Waals surface area contributed by atoms with Gasteiger partial charge in [-0.2, -0.15) is 0 Å². The van der Waals surface area contributed by atoms with Crippen molar-refractivity contribution in [2.75, 3.05) is 53.4 Å². The smallest absolute Gasteiger partial charge is 0.343 e. The summed E-state index contributed by atoms with van der Waals surface area (Å²) in [6.45, 7) is 19.7. The lowest BCUT2D eigenvalue weighted by Crippen LogP contribution is -2.50. The number of allylic oxidation sites excluding steroid dienone is 12. The SMILES string of the molecule is C=C/C=C(\C=C/C)/C=C/CN1CCN(C(=NC)/C(C(=O)OCC)=C(/C)N/C(=C\Cc2ccccc2)N(C)C(/C=C\C)=C/C=C)CC1. The number of ether oxygens (including phenoxy) is 1. The molecule has 7 heteroatoms. The van der Waals surface area contributed by atoms with E-state index in [0.717, 1.165) is 49.8 Å². The second kappa shape index (κ2) is 21.2. The van der Waals surface area contributed by atoms with E-state index >= 15 is 0 Å². The molecule has 1 fully saturated rings. The molecule has 0 spiro atoms. The fraction of sp³-hybridized carbons (Fsp3) is 0.333. The number of piperazine rings is 1. The molecule has 1 aliphatic heterocycles. The average molecular weight is 624 g/mol. The number of rotatable bonds is 16. The molecule has 0 amide bonds. The standard InChI is InChI=1S/C39H53N5O2/c1-9-18-33(19-10-2)24-17-27-43-28-30-44(31-29-43)38(40-7)37(39(45)46-13-5)32(6)41-36(26-25-34-22-15-14-16-23-34)42(8)35(20-11-3)21-12-4/h9-12,14-24,26,41H,1,3,13,25,27-31H2,2,4-8H3/b19-10-,21-12-,24-17+,33-18+,35-20+,36-26+,37-32+,40-38?. The van der Waals surface area contributed by atoms with Crippen molar-refractivity contribution in [3.63, 3.8) is 0 Å². The van der Waals surface area contributed by atoms with Gasteiger partial charge in [0.05, 0.1) is 6.61 Å². The Kier molecular flexibility index (Phi) is 17.3. The fourth-order valence-corrected chi connectivity index (χ4v) is 5.07. The van der Waals surface area contributed by atoms with E-state index in [2.05, 4.69) is 74.6 Å². The molecule has 0 radical (unpaired) electrons. The van der Waals surface area contributed by atoms with Gasteiger partial charge in [-0.3, -0.25) is 9.89 Å². The minimum Gasteiger partial charge on any atom is -0.462 e. The molecule has 7 nitrogen and oxygen atoms in total. The van der Waals surface area contributed by atoms with E-state index in [0.29, 0.717) is 23.5 Å². The summed E-state index contributed by atoms with van der Waals surface area (Å²) in [6.07, 6.45) is 22.8. The van der Waals surface area contributed by atoms with E-state index in [1.54, 1.807) is 19.2 Å². The monoisotopic (exact) mass is 623 g/mol. The quantitative estimate of drug-likeness (QED) is 0.0706. The van der Waals surface area contributed by atoms with Gasteiger partial charge >= 0.3 is 5.97 Å². The average Bonchev–Trinajstić information content (AvgIpc) is 3.06. The van der Waals surface area contributed by atoms with Gasteiger partial charge in [-0.1, -0.05) is 92.1 Å². The largest absolute Gasteiger partial charge is 0.462 e. The normalized spacial score (nSPS) is 16.3. The minimum absolute atomic E-state index is 0.270. The molecule has 46 heavy (non-hydrogen) atoms. The van der Waals surface area contributed by atoms with Gasteiger partial charge in [0.1, 0.15) is 17.2 Å². The lowest BCUT2D eigenvalue weighted by molar-refractivity contribution is -0.138. The van der Waals surface area contributed by atoms with Crippen molar-refractivity contribution in [2.24, 2.45) is 4.99 Å². The zero-order valence-electron chi connectivity index (χ0n) is 28.7. The third kappa shape index (κ3) is 12.1. The van der Waals surface area contributed by atoms with E-state index in [-0.39, 0.29) is 6.61 Å². The van der Waals surface area contributed by atoms with Gasteiger partial charge in [-0.25, -0.2) is 4.79 Å². The number of hydrogen-bond donors (Lipinski definition) is 1. The Balaban J connectivity index is 2.39. The number of amidine groups is 1. The number of nitrogens with one attached hydrogen (secondary N) is 1. The minimum atomic E-state index is -0.399. The Bertz CT molecular complexity index is 1380. The first-order chi connectivity index (χ1) is 22.3. The van der Waals surface area contributed by atoms with Gasteiger partial charge in [0.2, 0.25) is 0 Å². The molecule has 0 saturated carbocycles. The van der Waals surface area contributed by atoms with Crippen molar-refractivity contribution in [3.05, 3.63) is 144 Å². The Hall–Kier alpha value is -4.62. The van der Waals surface area contributed by atoms with Crippen molar-refractivity contribution in [1.82, 2.24) is 20.0 Å². The summed E-state index contributed by atoms with van der Waals surface area (Å²) < 4.78 is 5.58. The maximum Gasteiger partial charge on any atom is 0.343 e. The first-order valence-corrected chi connectivity index (χ1v) is 16.0. The molecule has 1 saturated heterocycles. The summed E-state index contributed by atoms with van der Waals surface area (Å²) in [5, 5.41) is 3.56. The molecule has 0 bridgehead atoms. The Labute approximate surface area is 277 Å². The molecule has 2 rings (SSSR count). The number of aliphatic imine (C=N–C) groups is 1. The highest BCUT2D eigenvalue weighted by molar-refractivity contribution is 6.19. The first-order valence-electron chi connectivity index (χ1n) is 16.0. The predicted molar refractivity (Wildman–Crippen MR) is 195 cm³/mol. The molecule has 0 unspecified atom stereocenters. The summed E-state index contributed by atoms with van der Waals surface area (Å²) in [4.78, 5) is 24.8. The summed E-state index contributed by atoms with van der Waals surface area (Å²) >= 11 is 0. The van der Waals surface area contributed by atoms with Crippen LogP contribution in [-0.4, -0.2) is 79.9 Å². The Morgan fingerprint density at radius 1 is 1.02 bits per heavy atom. The summed E-state index contributed by atoms with van der Waals surface area (Å²) in [7, 11) is 3.73. The van der Waals surface area contributed by atoms with Gasteiger partial charge in [0.25, 0.3) is 0 Å². The van der Waals surface area contributed by atoms with Crippen LogP contribution in [-0.2, 0) is 16.0 Å². The summed E-state index contributed by atoms with van der Waals surface area (Å²) in [5.74, 6) is 1.05. The molecule has 0 aliphatic carbocycles. The fourth-order valence-electron chi connectivity index (χ4n) is 5.07. The van der Waals surface area contributed by atoms with Gasteiger partial charge in [0, 0.05) is 58.2 Å². The van der Waals surface area contributed by atoms with Crippen LogP contribution in [0, 0.1) is 0 Å². The third-order valence-corrected chi connectivity index (χ3v) is 7.37. The second-order valence-electron chi connectivity index (χ2n) is 10.7. The zero-order chi connectivity index (χ0) is 33.7. The topological polar surface area (TPSA) is 60.4 Å². The van der Waals surface area contributed by atoms with E-state index < -0.39 is 5.97 Å². The van der Waals surface area contributed by atoms with Crippen molar-refractivity contribution >= 4 is 11.8 Å². The molecule has 0 atom stereocenters. The van der Waals surface area contributed by atoms with E-state index in [1.165, 1.54) is 5.56 Å². The molecule has 1 aromatic carbocycles. The summed E-state index contributed by atoms with van der Waals surface area (Å²) in [5.41, 5.74) is 4.34. The highest BCUT2D eigenvalue weighted by Crippen LogP contribution is 2.18. The number of nitrogens with zero attached hydrogens (tertiary/aromatic N) is 4. The second-order valence-corrected chi connectivity index (χ2v) is 10.7. The molecule has 0 aromatic heterocycles. The third-order valence-electron chi connectivity index (χ3n) is 7.37. The van der Waals surface area contributed by atoms with Crippen LogP contribution in [0.2, 0.25) is 0 Å². The molecule has 1 aliphatic rings. The molecular weight excluding hydrogens is 570 g/mol. The highest BCUT2D eigenvalue weighted by atomic mass is 16.5. The number of esters is 1. The van der Waals surface area contributed by atoms with E-state index in [1.807, 2.05) is 83.3 Å². The number of benzene rings is 1. The predicted octanol–water partition coefficient (Wildman–Crippen LogP) is 6.97. The van der Waals surface area contributed by atoms with Crippen LogP contribution in [0.3, 0.4) is 0 Å². The highest BCUT2D eigenvalue weighted by Gasteiger charge is 2.28. The number of hydrogen-bond acceptors (Lipinski definition) is 6. The number of carbonyl (C=O) groups excluding carboxylic acids is 1. The van der Waals surface area contributed by atoms with Crippen molar-refractivity contribution in [3.8, 4) is 0 Å². The van der Waals surface area contributed by atoms with Crippen LogP contribution in [0.5, 0.6) is 0 Å². The van der Waals surface area contributed by atoms with Crippen molar-refractivity contribution < 1.29 is 9.53 Å². The lowest BCUT2D eigenvalue weighted by Gasteiger charge is -2.36. The lowest BCUT2D eigenvalue weighted by atomic mass is 10.1. The van der Waals surface area contributed by atoms with Crippen molar-refractivity contribution in [2.45, 2.75) is 34.1 Å². The molecule has 1 N–H and O–H groups in total. The maximum atomic E-state index is 13.5. The molecule has 1 heterocycles. The van der Waals surface area contributed by atoms with Crippen LogP contribution >= 0.6 is 0 Å². The first kappa shape index (κ1) is 37.6. The van der Waals surface area contributed by atoms with Crippen LogP contribution in [0.25, 0.3) is 0 Å². The van der Waals surface area contributed by atoms with E-state index in [9.17, 15) is 4.79 Å². The maximum absolute atomic E-state index is 13.5. The Morgan fingerprint density at radius 2 is 1.70 bits per heavy atom. The van der Waals surface area contributed by atoms with Crippen LogP contribution in [0.4, 0.5) is 0 Å². The van der Waals surface area contributed by atoms with Crippen LogP contribution in [0.15, 0.2) is 144 Å². The van der Waals surface area contributed by atoms with Gasteiger partial charge in [-0.05, 0) is 63.5 Å². The molecule has 1 aromatic rings. The Morgan fingerprint density at radius 3 is 2.28 bits per heavy atom. The van der Waals surface area contributed by atoms with Gasteiger partial charge < -0.3 is 19.9 Å². The van der Waals surface area contributed by atoms with Crippen LogP contribution < -0.4 is 5.32 Å².